The van der Waals surface area contributed by atoms with Crippen molar-refractivity contribution in [2.24, 2.45) is 11.3 Å². The van der Waals surface area contributed by atoms with Crippen molar-refractivity contribution in [3.05, 3.63) is 45.4 Å². The molecular weight excluding hydrogens is 394 g/mol. The van der Waals surface area contributed by atoms with Crippen LogP contribution < -0.4 is 10.1 Å². The summed E-state index contributed by atoms with van der Waals surface area (Å²) < 4.78 is 5.45. The zero-order valence-electron chi connectivity index (χ0n) is 19.1. The topological polar surface area (TPSA) is 54.5 Å². The molecule has 164 valence electrons. The van der Waals surface area contributed by atoms with Crippen LogP contribution in [0, 0.1) is 25.2 Å². The summed E-state index contributed by atoms with van der Waals surface area (Å²) in [4.78, 5) is 19.7. The molecule has 1 fully saturated rings. The fourth-order valence-electron chi connectivity index (χ4n) is 4.05. The van der Waals surface area contributed by atoms with Gasteiger partial charge in [0, 0.05) is 23.5 Å². The van der Waals surface area contributed by atoms with Crippen molar-refractivity contribution >= 4 is 17.2 Å². The number of nitrogens with one attached hydrogen (secondary N) is 1. The number of amides is 1. The Labute approximate surface area is 184 Å². The molecule has 1 saturated heterocycles. The first-order valence-electron chi connectivity index (χ1n) is 10.8. The maximum atomic E-state index is 12.7. The van der Waals surface area contributed by atoms with E-state index < -0.39 is 5.41 Å². The number of hydrogen-bond acceptors (Lipinski definition) is 5. The quantitative estimate of drug-likeness (QED) is 0.711. The van der Waals surface area contributed by atoms with Gasteiger partial charge in [-0.1, -0.05) is 26.8 Å². The highest BCUT2D eigenvalue weighted by atomic mass is 32.1. The summed E-state index contributed by atoms with van der Waals surface area (Å²) in [6.07, 6.45) is 3.95. The standard InChI is InChI=1S/C24H35N3O2S/c1-16-14-20(29-6)17(2)13-19(16)15-27-10-7-18(8-11-27)21(22-25-9-12-30-22)26-23(28)24(3,4)5/h9,12-14,18,21H,7-8,10-11,15H2,1-6H3,(H,26,28). The zero-order chi connectivity index (χ0) is 21.9. The Hall–Kier alpha value is -1.92. The number of piperidine rings is 1. The highest BCUT2D eigenvalue weighted by molar-refractivity contribution is 7.09. The fraction of sp³-hybridized carbons (Fsp3) is 0.583. The van der Waals surface area contributed by atoms with Crippen LogP contribution in [0.1, 0.15) is 61.4 Å². The van der Waals surface area contributed by atoms with Gasteiger partial charge in [0.2, 0.25) is 5.91 Å². The van der Waals surface area contributed by atoms with E-state index in [2.05, 4.69) is 41.2 Å². The van der Waals surface area contributed by atoms with Gasteiger partial charge in [-0.3, -0.25) is 9.69 Å². The molecule has 3 rings (SSSR count). The number of hydrogen-bond donors (Lipinski definition) is 1. The molecule has 5 nitrogen and oxygen atoms in total. The second-order valence-electron chi connectivity index (χ2n) is 9.43. The van der Waals surface area contributed by atoms with Crippen LogP contribution in [0.3, 0.4) is 0 Å². The monoisotopic (exact) mass is 429 g/mol. The van der Waals surface area contributed by atoms with Crippen LogP contribution in [0.2, 0.25) is 0 Å². The lowest BCUT2D eigenvalue weighted by molar-refractivity contribution is -0.129. The van der Waals surface area contributed by atoms with Gasteiger partial charge in [0.25, 0.3) is 0 Å². The summed E-state index contributed by atoms with van der Waals surface area (Å²) in [5, 5.41) is 6.32. The summed E-state index contributed by atoms with van der Waals surface area (Å²) >= 11 is 1.64. The van der Waals surface area contributed by atoms with Crippen LogP contribution in [-0.4, -0.2) is 36.0 Å². The number of aryl methyl sites for hydroxylation is 2. The summed E-state index contributed by atoms with van der Waals surface area (Å²) in [6, 6.07) is 4.39. The lowest BCUT2D eigenvalue weighted by atomic mass is 9.87. The molecule has 30 heavy (non-hydrogen) atoms. The molecule has 1 aromatic heterocycles. The smallest absolute Gasteiger partial charge is 0.225 e. The molecule has 1 N–H and O–H groups in total. The molecule has 1 aliphatic heterocycles. The van der Waals surface area contributed by atoms with Gasteiger partial charge in [0.1, 0.15) is 10.8 Å². The first kappa shape index (κ1) is 22.8. The predicted molar refractivity (Wildman–Crippen MR) is 123 cm³/mol. The minimum atomic E-state index is -0.403. The lowest BCUT2D eigenvalue weighted by Gasteiger charge is -2.36. The molecule has 0 spiro atoms. The molecule has 1 amide bonds. The van der Waals surface area contributed by atoms with Crippen molar-refractivity contribution in [3.63, 3.8) is 0 Å². The normalized spacial score (nSPS) is 17.0. The van der Waals surface area contributed by atoms with Gasteiger partial charge in [0.05, 0.1) is 13.2 Å². The molecule has 2 heterocycles. The van der Waals surface area contributed by atoms with Gasteiger partial charge in [-0.15, -0.1) is 11.3 Å². The van der Waals surface area contributed by atoms with E-state index in [0.29, 0.717) is 5.92 Å². The molecular formula is C24H35N3O2S. The summed E-state index contributed by atoms with van der Waals surface area (Å²) in [7, 11) is 1.73. The van der Waals surface area contributed by atoms with Crippen molar-refractivity contribution in [1.29, 1.82) is 0 Å². The van der Waals surface area contributed by atoms with Gasteiger partial charge in [-0.05, 0) is 68.5 Å². The Morgan fingerprint density at radius 2 is 1.97 bits per heavy atom. The number of carbonyl (C=O) groups excluding carboxylic acids is 1. The predicted octanol–water partition coefficient (Wildman–Crippen LogP) is 4.88. The van der Waals surface area contributed by atoms with E-state index in [1.54, 1.807) is 18.4 Å². The first-order chi connectivity index (χ1) is 14.2. The SMILES string of the molecule is COc1cc(C)c(CN2CCC(C(NC(=O)C(C)(C)C)c3nccs3)CC2)cc1C. The third-order valence-electron chi connectivity index (χ3n) is 6.04. The number of likely N-dealkylation sites (tertiary alicyclic amines) is 1. The zero-order valence-corrected chi connectivity index (χ0v) is 19.9. The van der Waals surface area contributed by atoms with Gasteiger partial charge < -0.3 is 10.1 Å². The van der Waals surface area contributed by atoms with Crippen molar-refractivity contribution in [3.8, 4) is 5.75 Å². The highest BCUT2D eigenvalue weighted by Crippen LogP contribution is 2.34. The molecule has 1 unspecified atom stereocenters. The van der Waals surface area contributed by atoms with Crippen LogP contribution in [0.25, 0.3) is 0 Å². The third-order valence-corrected chi connectivity index (χ3v) is 6.89. The third kappa shape index (κ3) is 5.41. The number of benzene rings is 1. The largest absolute Gasteiger partial charge is 0.496 e. The van der Waals surface area contributed by atoms with E-state index in [0.717, 1.165) is 43.2 Å². The van der Waals surface area contributed by atoms with Crippen LogP contribution >= 0.6 is 11.3 Å². The van der Waals surface area contributed by atoms with Crippen LogP contribution in [-0.2, 0) is 11.3 Å². The number of rotatable bonds is 6. The maximum absolute atomic E-state index is 12.7. The number of carbonyl (C=O) groups is 1. The average Bonchev–Trinajstić information content (AvgIpc) is 3.23. The number of thiazole rings is 1. The Balaban J connectivity index is 1.65. The Kier molecular flexibility index (Phi) is 7.19. The molecule has 1 aliphatic rings. The van der Waals surface area contributed by atoms with Crippen molar-refractivity contribution < 1.29 is 9.53 Å². The summed E-state index contributed by atoms with van der Waals surface area (Å²) in [6.45, 7) is 13.2. The number of nitrogens with zero attached hydrogens (tertiary/aromatic N) is 2. The van der Waals surface area contributed by atoms with Crippen LogP contribution in [0.4, 0.5) is 0 Å². The fourth-order valence-corrected chi connectivity index (χ4v) is 4.83. The van der Waals surface area contributed by atoms with E-state index in [1.807, 2.05) is 32.3 Å². The van der Waals surface area contributed by atoms with E-state index in [9.17, 15) is 4.79 Å². The van der Waals surface area contributed by atoms with Crippen molar-refractivity contribution in [2.45, 2.75) is 60.0 Å². The van der Waals surface area contributed by atoms with E-state index in [1.165, 1.54) is 16.7 Å². The molecule has 0 radical (unpaired) electrons. The summed E-state index contributed by atoms with van der Waals surface area (Å²) in [5.74, 6) is 1.46. The van der Waals surface area contributed by atoms with E-state index in [4.69, 9.17) is 4.74 Å². The van der Waals surface area contributed by atoms with Gasteiger partial charge in [-0.2, -0.15) is 0 Å². The first-order valence-corrected chi connectivity index (χ1v) is 11.6. The molecule has 1 atom stereocenters. The van der Waals surface area contributed by atoms with Crippen LogP contribution in [0.5, 0.6) is 5.75 Å². The van der Waals surface area contributed by atoms with Crippen LogP contribution in [0.15, 0.2) is 23.7 Å². The van der Waals surface area contributed by atoms with Gasteiger partial charge >= 0.3 is 0 Å². The Morgan fingerprint density at radius 1 is 1.27 bits per heavy atom. The van der Waals surface area contributed by atoms with Crippen molar-refractivity contribution in [1.82, 2.24) is 15.2 Å². The number of aromatic nitrogens is 1. The highest BCUT2D eigenvalue weighted by Gasteiger charge is 2.33. The second-order valence-corrected chi connectivity index (χ2v) is 10.4. The van der Waals surface area contributed by atoms with E-state index in [-0.39, 0.29) is 11.9 Å². The molecule has 6 heteroatoms. The molecule has 0 aliphatic carbocycles. The maximum Gasteiger partial charge on any atom is 0.225 e. The minimum absolute atomic E-state index is 0.00356. The Morgan fingerprint density at radius 3 is 2.53 bits per heavy atom. The molecule has 0 saturated carbocycles. The molecule has 2 aromatic rings. The van der Waals surface area contributed by atoms with E-state index >= 15 is 0 Å². The van der Waals surface area contributed by atoms with Gasteiger partial charge in [0.15, 0.2) is 0 Å². The van der Waals surface area contributed by atoms with Crippen molar-refractivity contribution in [2.75, 3.05) is 20.2 Å². The summed E-state index contributed by atoms with van der Waals surface area (Å²) in [5.41, 5.74) is 3.42. The number of methoxy groups -OCH3 is 1. The number of ether oxygens (including phenoxy) is 1. The average molecular weight is 430 g/mol. The second kappa shape index (κ2) is 9.48. The molecule has 1 aromatic carbocycles. The molecule has 0 bridgehead atoms. The lowest BCUT2D eigenvalue weighted by Crippen LogP contribution is -2.43. The Bertz CT molecular complexity index is 850. The minimum Gasteiger partial charge on any atom is -0.496 e. The van der Waals surface area contributed by atoms with Gasteiger partial charge in [-0.25, -0.2) is 4.98 Å².